The molecule has 104 valence electrons. The number of nitrogens with two attached hydrogens (primary N) is 1. The van der Waals surface area contributed by atoms with Gasteiger partial charge in [0.2, 0.25) is 5.91 Å². The molecule has 1 fully saturated rings. The van der Waals surface area contributed by atoms with E-state index in [1.165, 1.54) is 0 Å². The van der Waals surface area contributed by atoms with Crippen molar-refractivity contribution in [1.29, 1.82) is 0 Å². The topological polar surface area (TPSA) is 72.9 Å². The number of amides is 1. The van der Waals surface area contributed by atoms with Gasteiger partial charge in [0.05, 0.1) is 18.2 Å². The number of halogens is 1. The Balaban J connectivity index is 1.89. The van der Waals surface area contributed by atoms with Crippen LogP contribution < -0.4 is 11.1 Å². The number of rotatable bonds is 5. The molecule has 0 spiro atoms. The van der Waals surface area contributed by atoms with Crippen molar-refractivity contribution in [1.82, 2.24) is 9.55 Å². The Morgan fingerprint density at radius 1 is 1.50 bits per heavy atom. The van der Waals surface area contributed by atoms with Gasteiger partial charge in [0.15, 0.2) is 0 Å². The standard InChI is InChI=1S/C14H15ClN4O/c15-9-2-1-3-10(6-9)18-13(14(16)20)12-7-17-8-19(12)11-4-5-11/h1-3,6-8,11,13,18H,4-5H2,(H2,16,20). The lowest BCUT2D eigenvalue weighted by Crippen LogP contribution is -2.29. The maximum atomic E-state index is 11.8. The highest BCUT2D eigenvalue weighted by atomic mass is 35.5. The van der Waals surface area contributed by atoms with Crippen LogP contribution in [0.4, 0.5) is 5.69 Å². The van der Waals surface area contributed by atoms with E-state index in [1.807, 2.05) is 16.7 Å². The number of anilines is 1. The number of hydrogen-bond donors (Lipinski definition) is 2. The van der Waals surface area contributed by atoms with Crippen LogP contribution in [0.3, 0.4) is 0 Å². The van der Waals surface area contributed by atoms with Crippen molar-refractivity contribution in [2.45, 2.75) is 24.9 Å². The van der Waals surface area contributed by atoms with Crippen LogP contribution in [0.15, 0.2) is 36.8 Å². The zero-order valence-electron chi connectivity index (χ0n) is 10.8. The molecule has 6 heteroatoms. The average Bonchev–Trinajstić information content (AvgIpc) is 3.14. The molecule has 1 unspecified atom stereocenters. The summed E-state index contributed by atoms with van der Waals surface area (Å²) in [4.78, 5) is 15.9. The van der Waals surface area contributed by atoms with Crippen molar-refractivity contribution in [3.8, 4) is 0 Å². The Morgan fingerprint density at radius 2 is 2.30 bits per heavy atom. The highest BCUT2D eigenvalue weighted by Gasteiger charge is 2.30. The Labute approximate surface area is 121 Å². The Bertz CT molecular complexity index is 636. The average molecular weight is 291 g/mol. The number of nitrogens with zero attached hydrogens (tertiary/aromatic N) is 2. The van der Waals surface area contributed by atoms with E-state index in [1.54, 1.807) is 24.7 Å². The summed E-state index contributed by atoms with van der Waals surface area (Å²) in [5, 5.41) is 3.73. The summed E-state index contributed by atoms with van der Waals surface area (Å²) in [7, 11) is 0. The monoisotopic (exact) mass is 290 g/mol. The number of imidazole rings is 1. The number of carbonyl (C=O) groups is 1. The van der Waals surface area contributed by atoms with E-state index < -0.39 is 11.9 Å². The molecule has 0 bridgehead atoms. The fraction of sp³-hybridized carbons (Fsp3) is 0.286. The number of primary amides is 1. The summed E-state index contributed by atoms with van der Waals surface area (Å²) in [5.74, 6) is -0.438. The minimum absolute atomic E-state index is 0.438. The molecule has 20 heavy (non-hydrogen) atoms. The van der Waals surface area contributed by atoms with Crippen LogP contribution in [0, 0.1) is 0 Å². The van der Waals surface area contributed by atoms with Crippen molar-refractivity contribution in [3.05, 3.63) is 47.5 Å². The molecular formula is C14H15ClN4O. The highest BCUT2D eigenvalue weighted by molar-refractivity contribution is 6.30. The van der Waals surface area contributed by atoms with Gasteiger partial charge in [-0.15, -0.1) is 0 Å². The summed E-state index contributed by atoms with van der Waals surface area (Å²) in [6, 6.07) is 7.03. The summed E-state index contributed by atoms with van der Waals surface area (Å²) in [5.41, 5.74) is 7.07. The van der Waals surface area contributed by atoms with Crippen molar-refractivity contribution >= 4 is 23.2 Å². The van der Waals surface area contributed by atoms with Crippen molar-refractivity contribution < 1.29 is 4.79 Å². The van der Waals surface area contributed by atoms with Crippen molar-refractivity contribution in [2.24, 2.45) is 5.73 Å². The van der Waals surface area contributed by atoms with Gasteiger partial charge in [-0.3, -0.25) is 4.79 Å². The molecule has 2 aromatic rings. The molecule has 3 rings (SSSR count). The number of hydrogen-bond acceptors (Lipinski definition) is 3. The third kappa shape index (κ3) is 2.63. The smallest absolute Gasteiger partial charge is 0.246 e. The second-order valence-electron chi connectivity index (χ2n) is 4.95. The molecule has 0 saturated heterocycles. The van der Waals surface area contributed by atoms with Crippen LogP contribution in [-0.2, 0) is 4.79 Å². The minimum atomic E-state index is -0.614. The van der Waals surface area contributed by atoms with E-state index in [2.05, 4.69) is 10.3 Å². The zero-order chi connectivity index (χ0) is 14.1. The number of nitrogens with one attached hydrogen (secondary N) is 1. The van der Waals surface area contributed by atoms with E-state index in [-0.39, 0.29) is 0 Å². The van der Waals surface area contributed by atoms with E-state index in [0.717, 1.165) is 24.2 Å². The van der Waals surface area contributed by atoms with E-state index in [9.17, 15) is 4.79 Å². The minimum Gasteiger partial charge on any atom is -0.369 e. The molecule has 1 atom stereocenters. The van der Waals surface area contributed by atoms with Gasteiger partial charge < -0.3 is 15.6 Å². The lowest BCUT2D eigenvalue weighted by atomic mass is 10.2. The summed E-state index contributed by atoms with van der Waals surface area (Å²) >= 11 is 5.95. The molecule has 1 amide bonds. The largest absolute Gasteiger partial charge is 0.369 e. The number of carbonyl (C=O) groups excluding carboxylic acids is 1. The number of benzene rings is 1. The maximum absolute atomic E-state index is 11.8. The van der Waals surface area contributed by atoms with Crippen molar-refractivity contribution in [2.75, 3.05) is 5.32 Å². The highest BCUT2D eigenvalue weighted by Crippen LogP contribution is 2.37. The van der Waals surface area contributed by atoms with Crippen LogP contribution in [0.1, 0.15) is 30.6 Å². The second-order valence-corrected chi connectivity index (χ2v) is 5.38. The maximum Gasteiger partial charge on any atom is 0.246 e. The lowest BCUT2D eigenvalue weighted by Gasteiger charge is -2.18. The summed E-state index contributed by atoms with van der Waals surface area (Å²) in [6.45, 7) is 0. The van der Waals surface area contributed by atoms with Gasteiger partial charge >= 0.3 is 0 Å². The molecule has 1 aromatic heterocycles. The molecule has 0 radical (unpaired) electrons. The van der Waals surface area contributed by atoms with Gasteiger partial charge in [0.1, 0.15) is 6.04 Å². The van der Waals surface area contributed by atoms with Crippen LogP contribution in [-0.4, -0.2) is 15.5 Å². The molecule has 1 heterocycles. The molecule has 1 aliphatic carbocycles. The fourth-order valence-corrected chi connectivity index (χ4v) is 2.42. The summed E-state index contributed by atoms with van der Waals surface area (Å²) in [6.07, 6.45) is 5.67. The molecule has 5 nitrogen and oxygen atoms in total. The van der Waals surface area contributed by atoms with Crippen LogP contribution in [0.25, 0.3) is 0 Å². The van der Waals surface area contributed by atoms with E-state index in [0.29, 0.717) is 11.1 Å². The van der Waals surface area contributed by atoms with Crippen LogP contribution in [0.5, 0.6) is 0 Å². The Hall–Kier alpha value is -2.01. The molecule has 1 aliphatic rings. The first-order valence-corrected chi connectivity index (χ1v) is 6.86. The van der Waals surface area contributed by atoms with Gasteiger partial charge in [0, 0.05) is 16.8 Å². The predicted molar refractivity (Wildman–Crippen MR) is 77.5 cm³/mol. The summed E-state index contributed by atoms with van der Waals surface area (Å²) < 4.78 is 2.02. The SMILES string of the molecule is NC(=O)C(Nc1cccc(Cl)c1)c1cncn1C1CC1. The Kier molecular flexibility index (Phi) is 3.36. The zero-order valence-corrected chi connectivity index (χ0v) is 11.5. The quantitative estimate of drug-likeness (QED) is 0.888. The van der Waals surface area contributed by atoms with Crippen molar-refractivity contribution in [3.63, 3.8) is 0 Å². The van der Waals surface area contributed by atoms with Gasteiger partial charge in [-0.1, -0.05) is 17.7 Å². The van der Waals surface area contributed by atoms with Gasteiger partial charge in [-0.2, -0.15) is 0 Å². The third-order valence-corrected chi connectivity index (χ3v) is 3.59. The van der Waals surface area contributed by atoms with Gasteiger partial charge in [-0.05, 0) is 31.0 Å². The van der Waals surface area contributed by atoms with E-state index >= 15 is 0 Å². The normalized spacial score (nSPS) is 15.8. The molecule has 1 saturated carbocycles. The lowest BCUT2D eigenvalue weighted by molar-refractivity contribution is -0.119. The van der Waals surface area contributed by atoms with Crippen LogP contribution in [0.2, 0.25) is 5.02 Å². The first-order valence-electron chi connectivity index (χ1n) is 6.48. The predicted octanol–water partition coefficient (Wildman–Crippen LogP) is 2.51. The van der Waals surface area contributed by atoms with Crippen LogP contribution >= 0.6 is 11.6 Å². The Morgan fingerprint density at radius 3 is 2.95 bits per heavy atom. The fourth-order valence-electron chi connectivity index (χ4n) is 2.23. The van der Waals surface area contributed by atoms with E-state index in [4.69, 9.17) is 17.3 Å². The van der Waals surface area contributed by atoms with Gasteiger partial charge in [0.25, 0.3) is 0 Å². The molecule has 0 aliphatic heterocycles. The molecule has 3 N–H and O–H groups in total. The second kappa shape index (κ2) is 5.17. The molecule has 1 aromatic carbocycles. The third-order valence-electron chi connectivity index (χ3n) is 3.35. The molecular weight excluding hydrogens is 276 g/mol. The number of aromatic nitrogens is 2. The first kappa shape index (κ1) is 13.0. The van der Waals surface area contributed by atoms with Gasteiger partial charge in [-0.25, -0.2) is 4.98 Å². The first-order chi connectivity index (χ1) is 9.65.